The Hall–Kier alpha value is -2.55. The Labute approximate surface area is 126 Å². The summed E-state index contributed by atoms with van der Waals surface area (Å²) in [7, 11) is 0. The lowest BCUT2D eigenvalue weighted by molar-refractivity contribution is -0.137. The zero-order valence-corrected chi connectivity index (χ0v) is 11.6. The molecule has 0 atom stereocenters. The summed E-state index contributed by atoms with van der Waals surface area (Å²) in [6.45, 7) is 0. The van der Waals surface area contributed by atoms with Crippen LogP contribution in [0.25, 0.3) is 22.9 Å². The van der Waals surface area contributed by atoms with E-state index in [-0.39, 0.29) is 0 Å². The molecule has 0 nitrogen and oxygen atoms in total. The van der Waals surface area contributed by atoms with Crippen molar-refractivity contribution in [2.75, 3.05) is 0 Å². The van der Waals surface area contributed by atoms with Crippen molar-refractivity contribution in [2.45, 2.75) is 6.18 Å². The van der Waals surface area contributed by atoms with Gasteiger partial charge in [-0.05, 0) is 40.1 Å². The number of hydrogen-bond acceptors (Lipinski definition) is 0. The third kappa shape index (κ3) is 3.19. The Balaban J connectivity index is 1.83. The molecule has 0 heterocycles. The maximum atomic E-state index is 12.5. The molecule has 0 saturated carbocycles. The Morgan fingerprint density at radius 1 is 0.636 bits per heavy atom. The molecule has 22 heavy (non-hydrogen) atoms. The first kappa shape index (κ1) is 14.4. The van der Waals surface area contributed by atoms with Crippen LogP contribution in [0.5, 0.6) is 0 Å². The normalized spacial score (nSPS) is 12.1. The summed E-state index contributed by atoms with van der Waals surface area (Å²) < 4.78 is 37.5. The van der Waals surface area contributed by atoms with E-state index in [0.29, 0.717) is 0 Å². The van der Waals surface area contributed by atoms with Gasteiger partial charge < -0.3 is 0 Å². The molecule has 0 aliphatic carbocycles. The van der Waals surface area contributed by atoms with Crippen LogP contribution in [0.1, 0.15) is 16.7 Å². The molecule has 3 heteroatoms. The summed E-state index contributed by atoms with van der Waals surface area (Å²) >= 11 is 0. The summed E-state index contributed by atoms with van der Waals surface area (Å²) in [6, 6.07) is 19.2. The maximum Gasteiger partial charge on any atom is 0.416 e. The average Bonchev–Trinajstić information content (AvgIpc) is 2.52. The molecule has 0 fully saturated rings. The summed E-state index contributed by atoms with van der Waals surface area (Å²) in [6.07, 6.45) is -0.583. The Morgan fingerprint density at radius 3 is 1.91 bits per heavy atom. The van der Waals surface area contributed by atoms with Crippen LogP contribution >= 0.6 is 0 Å². The third-order valence-electron chi connectivity index (χ3n) is 3.48. The fourth-order valence-corrected chi connectivity index (χ4v) is 2.29. The fourth-order valence-electron chi connectivity index (χ4n) is 2.29. The number of alkyl halides is 3. The van der Waals surface area contributed by atoms with Crippen LogP contribution < -0.4 is 0 Å². The molecule has 0 radical (unpaired) electrons. The Kier molecular flexibility index (Phi) is 3.72. The summed E-state index contributed by atoms with van der Waals surface area (Å²) in [5.41, 5.74) is 1.12. The van der Waals surface area contributed by atoms with Gasteiger partial charge in [-0.1, -0.05) is 60.7 Å². The van der Waals surface area contributed by atoms with E-state index in [0.717, 1.165) is 34.0 Å². The van der Waals surface area contributed by atoms with Gasteiger partial charge in [-0.3, -0.25) is 0 Å². The van der Waals surface area contributed by atoms with Crippen molar-refractivity contribution in [3.8, 4) is 0 Å². The first-order valence-corrected chi connectivity index (χ1v) is 6.86. The van der Waals surface area contributed by atoms with E-state index in [2.05, 4.69) is 6.07 Å². The number of hydrogen-bond donors (Lipinski definition) is 0. The molecule has 0 aliphatic rings. The van der Waals surface area contributed by atoms with E-state index in [1.54, 1.807) is 0 Å². The quantitative estimate of drug-likeness (QED) is 0.507. The smallest absolute Gasteiger partial charge is 0.166 e. The minimum absolute atomic E-state index is 0.629. The van der Waals surface area contributed by atoms with Gasteiger partial charge in [0.1, 0.15) is 0 Å². The van der Waals surface area contributed by atoms with Gasteiger partial charge in [0.2, 0.25) is 0 Å². The molecule has 0 bridgehead atoms. The lowest BCUT2D eigenvalue weighted by atomic mass is 10.1. The second-order valence-electron chi connectivity index (χ2n) is 5.06. The number of halogens is 3. The van der Waals surface area contributed by atoms with Gasteiger partial charge in [0.15, 0.2) is 0 Å². The highest BCUT2D eigenvalue weighted by Crippen LogP contribution is 2.29. The number of fused-ring (bicyclic) bond motifs is 1. The van der Waals surface area contributed by atoms with Crippen LogP contribution in [0.3, 0.4) is 0 Å². The van der Waals surface area contributed by atoms with Crippen LogP contribution in [-0.4, -0.2) is 0 Å². The van der Waals surface area contributed by atoms with E-state index in [4.69, 9.17) is 0 Å². The highest BCUT2D eigenvalue weighted by molar-refractivity contribution is 5.85. The maximum absolute atomic E-state index is 12.5. The third-order valence-corrected chi connectivity index (χ3v) is 3.48. The summed E-state index contributed by atoms with van der Waals surface area (Å²) in [5, 5.41) is 2.30. The molecule has 0 unspecified atom stereocenters. The minimum atomic E-state index is -4.29. The van der Waals surface area contributed by atoms with Crippen LogP contribution in [0.2, 0.25) is 0 Å². The van der Waals surface area contributed by atoms with Crippen LogP contribution in [-0.2, 0) is 6.18 Å². The zero-order chi connectivity index (χ0) is 15.6. The number of rotatable bonds is 2. The van der Waals surface area contributed by atoms with Gasteiger partial charge in [0, 0.05) is 0 Å². The van der Waals surface area contributed by atoms with Crippen molar-refractivity contribution >= 4 is 22.9 Å². The molecule has 3 rings (SSSR count). The highest BCUT2D eigenvalue weighted by Gasteiger charge is 2.29. The fraction of sp³-hybridized carbons (Fsp3) is 0.0526. The monoisotopic (exact) mass is 298 g/mol. The largest absolute Gasteiger partial charge is 0.416 e. The van der Waals surface area contributed by atoms with Gasteiger partial charge in [0.25, 0.3) is 0 Å². The predicted octanol–water partition coefficient (Wildman–Crippen LogP) is 6.03. The first-order chi connectivity index (χ1) is 10.5. The first-order valence-electron chi connectivity index (χ1n) is 6.86. The number of benzene rings is 3. The zero-order valence-electron chi connectivity index (χ0n) is 11.6. The lowest BCUT2D eigenvalue weighted by Gasteiger charge is -2.06. The van der Waals surface area contributed by atoms with Crippen molar-refractivity contribution in [3.05, 3.63) is 83.4 Å². The van der Waals surface area contributed by atoms with Gasteiger partial charge in [-0.15, -0.1) is 0 Å². The molecular weight excluding hydrogens is 285 g/mol. The molecule has 3 aromatic carbocycles. The van der Waals surface area contributed by atoms with E-state index in [1.165, 1.54) is 12.1 Å². The molecular formula is C19H13F3. The van der Waals surface area contributed by atoms with E-state index in [1.807, 2.05) is 48.6 Å². The van der Waals surface area contributed by atoms with Crippen LogP contribution in [0.4, 0.5) is 13.2 Å². The molecule has 0 spiro atoms. The molecule has 0 N–H and O–H groups in total. The Morgan fingerprint density at radius 2 is 1.23 bits per heavy atom. The highest BCUT2D eigenvalue weighted by atomic mass is 19.4. The average molecular weight is 298 g/mol. The van der Waals surface area contributed by atoms with E-state index in [9.17, 15) is 13.2 Å². The second kappa shape index (κ2) is 5.68. The van der Waals surface area contributed by atoms with E-state index < -0.39 is 11.7 Å². The van der Waals surface area contributed by atoms with Gasteiger partial charge in [0.05, 0.1) is 5.56 Å². The van der Waals surface area contributed by atoms with Crippen molar-refractivity contribution in [1.82, 2.24) is 0 Å². The van der Waals surface area contributed by atoms with Crippen LogP contribution in [0.15, 0.2) is 66.7 Å². The predicted molar refractivity (Wildman–Crippen MR) is 84.3 cm³/mol. The topological polar surface area (TPSA) is 0 Å². The summed E-state index contributed by atoms with van der Waals surface area (Å²) in [5.74, 6) is 0. The van der Waals surface area contributed by atoms with E-state index >= 15 is 0 Å². The van der Waals surface area contributed by atoms with Crippen LogP contribution in [0, 0.1) is 0 Å². The molecule has 0 aliphatic heterocycles. The van der Waals surface area contributed by atoms with Crippen molar-refractivity contribution in [1.29, 1.82) is 0 Å². The van der Waals surface area contributed by atoms with Gasteiger partial charge in [-0.2, -0.15) is 13.2 Å². The standard InChI is InChI=1S/C19H13F3/c20-19(21,22)18-11-8-14(9-12-18)5-6-15-7-10-16-3-1-2-4-17(16)13-15/h1-13H/b6-5+. The molecule has 0 aromatic heterocycles. The minimum Gasteiger partial charge on any atom is -0.166 e. The van der Waals surface area contributed by atoms with Crippen molar-refractivity contribution < 1.29 is 13.2 Å². The molecule has 0 amide bonds. The molecule has 0 saturated heterocycles. The van der Waals surface area contributed by atoms with Gasteiger partial charge >= 0.3 is 6.18 Å². The molecule has 110 valence electrons. The summed E-state index contributed by atoms with van der Waals surface area (Å²) in [4.78, 5) is 0. The SMILES string of the molecule is FC(F)(F)c1ccc(/C=C/c2ccc3ccccc3c2)cc1. The van der Waals surface area contributed by atoms with Gasteiger partial charge in [-0.25, -0.2) is 0 Å². The lowest BCUT2D eigenvalue weighted by Crippen LogP contribution is -2.03. The van der Waals surface area contributed by atoms with Crippen molar-refractivity contribution in [3.63, 3.8) is 0 Å². The second-order valence-corrected chi connectivity index (χ2v) is 5.06. The molecule has 3 aromatic rings. The van der Waals surface area contributed by atoms with Crippen molar-refractivity contribution in [2.24, 2.45) is 0 Å². The Bertz CT molecular complexity index is 812.